The van der Waals surface area contributed by atoms with E-state index >= 15 is 0 Å². The number of benzene rings is 2. The van der Waals surface area contributed by atoms with Crippen molar-refractivity contribution in [2.24, 2.45) is 4.99 Å². The molecule has 0 heterocycles. The van der Waals surface area contributed by atoms with Gasteiger partial charge in [-0.1, -0.05) is 42.5 Å². The predicted octanol–water partition coefficient (Wildman–Crippen LogP) is 2.96. The molecule has 30 heavy (non-hydrogen) atoms. The highest BCUT2D eigenvalue weighted by Crippen LogP contribution is 2.08. The number of hydrogen-bond acceptors (Lipinski definition) is 3. The van der Waals surface area contributed by atoms with Crippen LogP contribution in [0.15, 0.2) is 59.6 Å². The van der Waals surface area contributed by atoms with E-state index < -0.39 is 0 Å². The van der Waals surface area contributed by atoms with E-state index in [0.29, 0.717) is 18.2 Å². The molecule has 0 spiro atoms. The SMILES string of the molecule is CN=C(NCCC(C)N(C)Cc1ccccc1)NCc1ccc(C(=O)N(C)C)cc1. The third kappa shape index (κ3) is 7.52. The molecular formula is C24H35N5O. The van der Waals surface area contributed by atoms with Gasteiger partial charge in [0.1, 0.15) is 0 Å². The zero-order valence-corrected chi connectivity index (χ0v) is 18.9. The van der Waals surface area contributed by atoms with E-state index in [-0.39, 0.29) is 5.91 Å². The molecule has 0 radical (unpaired) electrons. The fourth-order valence-corrected chi connectivity index (χ4v) is 3.08. The first-order chi connectivity index (χ1) is 14.4. The Kier molecular flexibility index (Phi) is 9.35. The Hall–Kier alpha value is -2.86. The third-order valence-corrected chi connectivity index (χ3v) is 5.17. The molecule has 6 nitrogen and oxygen atoms in total. The molecule has 1 atom stereocenters. The van der Waals surface area contributed by atoms with E-state index in [1.54, 1.807) is 26.0 Å². The average Bonchev–Trinajstić information content (AvgIpc) is 2.76. The summed E-state index contributed by atoms with van der Waals surface area (Å²) < 4.78 is 0. The summed E-state index contributed by atoms with van der Waals surface area (Å²) in [6, 6.07) is 18.7. The van der Waals surface area contributed by atoms with E-state index in [9.17, 15) is 4.79 Å². The number of guanidine groups is 1. The lowest BCUT2D eigenvalue weighted by Gasteiger charge is -2.25. The second-order valence-corrected chi connectivity index (χ2v) is 7.79. The van der Waals surface area contributed by atoms with Crippen LogP contribution in [-0.4, -0.2) is 62.4 Å². The third-order valence-electron chi connectivity index (χ3n) is 5.17. The van der Waals surface area contributed by atoms with Gasteiger partial charge in [0, 0.05) is 52.4 Å². The van der Waals surface area contributed by atoms with E-state index in [0.717, 1.165) is 31.0 Å². The molecule has 6 heteroatoms. The molecular weight excluding hydrogens is 374 g/mol. The van der Waals surface area contributed by atoms with Gasteiger partial charge in [-0.15, -0.1) is 0 Å². The molecule has 0 aliphatic carbocycles. The Morgan fingerprint density at radius 2 is 1.63 bits per heavy atom. The van der Waals surface area contributed by atoms with Crippen LogP contribution in [0, 0.1) is 0 Å². The first-order valence-electron chi connectivity index (χ1n) is 10.4. The van der Waals surface area contributed by atoms with Crippen molar-refractivity contribution in [3.05, 3.63) is 71.3 Å². The molecule has 0 aliphatic rings. The fraction of sp³-hybridized carbons (Fsp3) is 0.417. The Morgan fingerprint density at radius 1 is 0.967 bits per heavy atom. The molecule has 0 saturated heterocycles. The monoisotopic (exact) mass is 409 g/mol. The second-order valence-electron chi connectivity index (χ2n) is 7.79. The number of rotatable bonds is 9. The van der Waals surface area contributed by atoms with Gasteiger partial charge in [-0.2, -0.15) is 0 Å². The lowest BCUT2D eigenvalue weighted by Crippen LogP contribution is -2.39. The molecule has 2 N–H and O–H groups in total. The summed E-state index contributed by atoms with van der Waals surface area (Å²) in [6.45, 7) is 4.69. The molecule has 162 valence electrons. The van der Waals surface area contributed by atoms with E-state index in [1.165, 1.54) is 5.56 Å². The van der Waals surface area contributed by atoms with Crippen molar-refractivity contribution in [2.75, 3.05) is 34.7 Å². The lowest BCUT2D eigenvalue weighted by molar-refractivity contribution is 0.0827. The molecule has 0 aromatic heterocycles. The van der Waals surface area contributed by atoms with Crippen molar-refractivity contribution >= 4 is 11.9 Å². The molecule has 0 aliphatic heterocycles. The maximum Gasteiger partial charge on any atom is 0.253 e. The Balaban J connectivity index is 1.73. The quantitative estimate of drug-likeness (QED) is 0.494. The Labute approximate surface area is 181 Å². The molecule has 2 aromatic carbocycles. The van der Waals surface area contributed by atoms with Gasteiger partial charge in [-0.05, 0) is 43.7 Å². The van der Waals surface area contributed by atoms with Crippen LogP contribution in [0.1, 0.15) is 34.8 Å². The van der Waals surface area contributed by atoms with Crippen LogP contribution >= 0.6 is 0 Å². The van der Waals surface area contributed by atoms with E-state index in [1.807, 2.05) is 30.3 Å². The van der Waals surface area contributed by atoms with Crippen LogP contribution in [0.4, 0.5) is 0 Å². The van der Waals surface area contributed by atoms with Gasteiger partial charge < -0.3 is 15.5 Å². The molecule has 0 saturated carbocycles. The summed E-state index contributed by atoms with van der Waals surface area (Å²) in [6.07, 6.45) is 1.02. The fourth-order valence-electron chi connectivity index (χ4n) is 3.08. The maximum atomic E-state index is 12.0. The molecule has 1 unspecified atom stereocenters. The minimum absolute atomic E-state index is 0.0123. The highest BCUT2D eigenvalue weighted by Gasteiger charge is 2.10. The van der Waals surface area contributed by atoms with Crippen LogP contribution in [0.3, 0.4) is 0 Å². The lowest BCUT2D eigenvalue weighted by atomic mass is 10.1. The van der Waals surface area contributed by atoms with Gasteiger partial charge >= 0.3 is 0 Å². The highest BCUT2D eigenvalue weighted by atomic mass is 16.2. The minimum atomic E-state index is 0.0123. The van der Waals surface area contributed by atoms with Crippen molar-refractivity contribution in [1.82, 2.24) is 20.4 Å². The maximum absolute atomic E-state index is 12.0. The van der Waals surface area contributed by atoms with Crippen molar-refractivity contribution in [2.45, 2.75) is 32.5 Å². The highest BCUT2D eigenvalue weighted by molar-refractivity contribution is 5.93. The standard InChI is InChI=1S/C24H35N5O/c1-19(29(5)18-21-9-7-6-8-10-21)15-16-26-24(25-2)27-17-20-11-13-22(14-12-20)23(30)28(3)4/h6-14,19H,15-18H2,1-5H3,(H2,25,26,27). The number of hydrogen-bond donors (Lipinski definition) is 2. The normalized spacial score (nSPS) is 12.5. The van der Waals surface area contributed by atoms with Crippen LogP contribution < -0.4 is 10.6 Å². The smallest absolute Gasteiger partial charge is 0.253 e. The van der Waals surface area contributed by atoms with Crippen LogP contribution in [-0.2, 0) is 13.1 Å². The van der Waals surface area contributed by atoms with Crippen molar-refractivity contribution in [3.8, 4) is 0 Å². The van der Waals surface area contributed by atoms with E-state index in [4.69, 9.17) is 0 Å². The number of carbonyl (C=O) groups is 1. The number of aliphatic imine (C=N–C) groups is 1. The molecule has 2 rings (SSSR count). The summed E-state index contributed by atoms with van der Waals surface area (Å²) in [5.41, 5.74) is 3.12. The summed E-state index contributed by atoms with van der Waals surface area (Å²) in [7, 11) is 7.45. The zero-order chi connectivity index (χ0) is 21.9. The van der Waals surface area contributed by atoms with Gasteiger partial charge in [0.15, 0.2) is 5.96 Å². The van der Waals surface area contributed by atoms with Gasteiger partial charge in [0.25, 0.3) is 5.91 Å². The average molecular weight is 410 g/mol. The van der Waals surface area contributed by atoms with E-state index in [2.05, 4.69) is 58.8 Å². The van der Waals surface area contributed by atoms with Crippen molar-refractivity contribution in [3.63, 3.8) is 0 Å². The Morgan fingerprint density at radius 3 is 2.23 bits per heavy atom. The zero-order valence-electron chi connectivity index (χ0n) is 18.9. The van der Waals surface area contributed by atoms with Crippen LogP contribution in [0.2, 0.25) is 0 Å². The number of amides is 1. The summed E-state index contributed by atoms with van der Waals surface area (Å²) in [5.74, 6) is 0.791. The van der Waals surface area contributed by atoms with Crippen molar-refractivity contribution < 1.29 is 4.79 Å². The van der Waals surface area contributed by atoms with Crippen LogP contribution in [0.25, 0.3) is 0 Å². The van der Waals surface area contributed by atoms with Crippen molar-refractivity contribution in [1.29, 1.82) is 0 Å². The molecule has 2 aromatic rings. The second kappa shape index (κ2) is 12.0. The summed E-state index contributed by atoms with van der Waals surface area (Å²) in [5, 5.41) is 6.72. The number of nitrogens with one attached hydrogen (secondary N) is 2. The summed E-state index contributed by atoms with van der Waals surface area (Å²) >= 11 is 0. The molecule has 0 fully saturated rings. The largest absolute Gasteiger partial charge is 0.356 e. The minimum Gasteiger partial charge on any atom is -0.356 e. The van der Waals surface area contributed by atoms with Gasteiger partial charge in [-0.25, -0.2) is 0 Å². The summed E-state index contributed by atoms with van der Waals surface area (Å²) in [4.78, 5) is 20.2. The van der Waals surface area contributed by atoms with Gasteiger partial charge in [0.2, 0.25) is 0 Å². The number of carbonyl (C=O) groups excluding carboxylic acids is 1. The first-order valence-corrected chi connectivity index (χ1v) is 10.4. The topological polar surface area (TPSA) is 60.0 Å². The number of nitrogens with zero attached hydrogens (tertiary/aromatic N) is 3. The van der Waals surface area contributed by atoms with Crippen LogP contribution in [0.5, 0.6) is 0 Å². The first kappa shape index (κ1) is 23.4. The predicted molar refractivity (Wildman–Crippen MR) is 125 cm³/mol. The molecule has 0 bridgehead atoms. The van der Waals surface area contributed by atoms with Gasteiger partial charge in [-0.3, -0.25) is 14.7 Å². The Bertz CT molecular complexity index is 802. The molecule has 1 amide bonds. The van der Waals surface area contributed by atoms with Gasteiger partial charge in [0.05, 0.1) is 0 Å².